The van der Waals surface area contributed by atoms with Gasteiger partial charge in [0.2, 0.25) is 5.91 Å². The van der Waals surface area contributed by atoms with E-state index in [0.717, 1.165) is 12.8 Å². The van der Waals surface area contributed by atoms with Crippen molar-refractivity contribution < 1.29 is 4.79 Å². The number of nitrogens with one attached hydrogen (secondary N) is 1. The third-order valence-electron chi connectivity index (χ3n) is 4.56. The van der Waals surface area contributed by atoms with E-state index < -0.39 is 0 Å². The highest BCUT2D eigenvalue weighted by molar-refractivity contribution is 5.84. The molecule has 0 aromatic heterocycles. The van der Waals surface area contributed by atoms with Gasteiger partial charge in [0.05, 0.1) is 12.2 Å². The number of hydrogen-bond acceptors (Lipinski definition) is 2. The fourth-order valence-corrected chi connectivity index (χ4v) is 3.57. The Labute approximate surface area is 111 Å². The fraction of sp³-hybridized carbons (Fsp3) is 0.933. The molecule has 3 heteroatoms. The van der Waals surface area contributed by atoms with Gasteiger partial charge in [0.15, 0.2) is 0 Å². The zero-order valence-corrected chi connectivity index (χ0v) is 12.3. The SMILES string of the molecule is CCC1NC(CC(C)C)N(C2CCCC2C)C1=O. The van der Waals surface area contributed by atoms with Crippen molar-refractivity contribution in [1.29, 1.82) is 0 Å². The Morgan fingerprint density at radius 1 is 1.39 bits per heavy atom. The molecule has 18 heavy (non-hydrogen) atoms. The summed E-state index contributed by atoms with van der Waals surface area (Å²) in [7, 11) is 0. The lowest BCUT2D eigenvalue weighted by Gasteiger charge is -2.33. The summed E-state index contributed by atoms with van der Waals surface area (Å²) in [5.41, 5.74) is 0. The summed E-state index contributed by atoms with van der Waals surface area (Å²) in [4.78, 5) is 14.7. The van der Waals surface area contributed by atoms with Crippen LogP contribution in [0.15, 0.2) is 0 Å². The van der Waals surface area contributed by atoms with Gasteiger partial charge in [0.25, 0.3) is 0 Å². The lowest BCUT2D eigenvalue weighted by molar-refractivity contribution is -0.133. The number of carbonyl (C=O) groups excluding carboxylic acids is 1. The molecule has 1 amide bonds. The summed E-state index contributed by atoms with van der Waals surface area (Å²) >= 11 is 0. The van der Waals surface area contributed by atoms with Crippen LogP contribution in [0, 0.1) is 11.8 Å². The zero-order chi connectivity index (χ0) is 13.3. The summed E-state index contributed by atoms with van der Waals surface area (Å²) in [5, 5.41) is 3.55. The van der Waals surface area contributed by atoms with E-state index in [1.165, 1.54) is 19.3 Å². The minimum Gasteiger partial charge on any atom is -0.323 e. The first-order valence-corrected chi connectivity index (χ1v) is 7.62. The second-order valence-electron chi connectivity index (χ2n) is 6.49. The summed E-state index contributed by atoms with van der Waals surface area (Å²) in [6.07, 6.45) is 6.00. The topological polar surface area (TPSA) is 32.3 Å². The van der Waals surface area contributed by atoms with Gasteiger partial charge in [-0.3, -0.25) is 10.1 Å². The molecule has 0 aromatic rings. The third kappa shape index (κ3) is 2.56. The largest absolute Gasteiger partial charge is 0.323 e. The Bertz CT molecular complexity index is 303. The maximum absolute atomic E-state index is 12.5. The minimum absolute atomic E-state index is 0.0570. The van der Waals surface area contributed by atoms with Gasteiger partial charge in [-0.05, 0) is 37.5 Å². The molecule has 3 nitrogen and oxygen atoms in total. The zero-order valence-electron chi connectivity index (χ0n) is 12.3. The average molecular weight is 252 g/mol. The Morgan fingerprint density at radius 3 is 2.61 bits per heavy atom. The molecule has 4 atom stereocenters. The molecule has 2 aliphatic rings. The van der Waals surface area contributed by atoms with Crippen LogP contribution in [0.1, 0.15) is 59.8 Å². The monoisotopic (exact) mass is 252 g/mol. The molecule has 1 saturated heterocycles. The first-order valence-electron chi connectivity index (χ1n) is 7.62. The number of hydrogen-bond donors (Lipinski definition) is 1. The van der Waals surface area contributed by atoms with Crippen LogP contribution in [0.2, 0.25) is 0 Å². The summed E-state index contributed by atoms with van der Waals surface area (Å²) in [5.74, 6) is 1.65. The predicted octanol–water partition coefficient (Wildman–Crippen LogP) is 2.76. The van der Waals surface area contributed by atoms with Crippen LogP contribution >= 0.6 is 0 Å². The van der Waals surface area contributed by atoms with Crippen LogP contribution < -0.4 is 5.32 Å². The van der Waals surface area contributed by atoms with Crippen molar-refractivity contribution in [1.82, 2.24) is 10.2 Å². The van der Waals surface area contributed by atoms with Gasteiger partial charge in [-0.15, -0.1) is 0 Å². The molecule has 1 aliphatic carbocycles. The van der Waals surface area contributed by atoms with Crippen LogP contribution in [0.5, 0.6) is 0 Å². The van der Waals surface area contributed by atoms with Crippen molar-refractivity contribution >= 4 is 5.91 Å². The van der Waals surface area contributed by atoms with Crippen molar-refractivity contribution in [3.8, 4) is 0 Å². The predicted molar refractivity (Wildman–Crippen MR) is 74.1 cm³/mol. The molecule has 2 rings (SSSR count). The van der Waals surface area contributed by atoms with E-state index in [9.17, 15) is 4.79 Å². The second-order valence-corrected chi connectivity index (χ2v) is 6.49. The second kappa shape index (κ2) is 5.60. The van der Waals surface area contributed by atoms with E-state index in [-0.39, 0.29) is 12.2 Å². The number of amides is 1. The molecule has 0 aromatic carbocycles. The van der Waals surface area contributed by atoms with Gasteiger partial charge < -0.3 is 4.90 Å². The Balaban J connectivity index is 2.14. The minimum atomic E-state index is 0.0570. The van der Waals surface area contributed by atoms with Crippen molar-refractivity contribution in [3.05, 3.63) is 0 Å². The average Bonchev–Trinajstić information content (AvgIpc) is 2.82. The highest BCUT2D eigenvalue weighted by Crippen LogP contribution is 2.34. The lowest BCUT2D eigenvalue weighted by atomic mass is 10.0. The standard InChI is InChI=1S/C15H28N2O/c1-5-12-15(18)17(13-8-6-7-11(13)4)14(16-12)9-10(2)3/h10-14,16H,5-9H2,1-4H3. The van der Waals surface area contributed by atoms with Gasteiger partial charge in [0.1, 0.15) is 0 Å². The summed E-state index contributed by atoms with van der Waals surface area (Å²) in [6, 6.07) is 0.534. The Hall–Kier alpha value is -0.570. The molecular weight excluding hydrogens is 224 g/mol. The van der Waals surface area contributed by atoms with Crippen molar-refractivity contribution in [2.45, 2.75) is 78.0 Å². The maximum Gasteiger partial charge on any atom is 0.241 e. The highest BCUT2D eigenvalue weighted by Gasteiger charge is 2.44. The third-order valence-corrected chi connectivity index (χ3v) is 4.56. The van der Waals surface area contributed by atoms with Gasteiger partial charge >= 0.3 is 0 Å². The number of carbonyl (C=O) groups is 1. The molecule has 0 spiro atoms. The van der Waals surface area contributed by atoms with Gasteiger partial charge in [-0.2, -0.15) is 0 Å². The van der Waals surface area contributed by atoms with Crippen LogP contribution in [-0.2, 0) is 4.79 Å². The van der Waals surface area contributed by atoms with Crippen LogP contribution in [-0.4, -0.2) is 29.1 Å². The maximum atomic E-state index is 12.5. The first-order chi connectivity index (χ1) is 8.54. The fourth-order valence-electron chi connectivity index (χ4n) is 3.57. The molecule has 1 heterocycles. The molecule has 104 valence electrons. The van der Waals surface area contributed by atoms with Gasteiger partial charge in [-0.25, -0.2) is 0 Å². The van der Waals surface area contributed by atoms with Crippen molar-refractivity contribution in [3.63, 3.8) is 0 Å². The molecular formula is C15H28N2O. The molecule has 1 aliphatic heterocycles. The summed E-state index contributed by atoms with van der Waals surface area (Å²) < 4.78 is 0. The summed E-state index contributed by atoms with van der Waals surface area (Å²) in [6.45, 7) is 8.88. The Kier molecular flexibility index (Phi) is 4.31. The number of rotatable bonds is 4. The van der Waals surface area contributed by atoms with E-state index in [1.54, 1.807) is 0 Å². The molecule has 2 fully saturated rings. The van der Waals surface area contributed by atoms with E-state index in [4.69, 9.17) is 0 Å². The van der Waals surface area contributed by atoms with E-state index in [1.807, 2.05) is 0 Å². The van der Waals surface area contributed by atoms with Crippen molar-refractivity contribution in [2.24, 2.45) is 11.8 Å². The first kappa shape index (κ1) is 13.9. The smallest absolute Gasteiger partial charge is 0.241 e. The van der Waals surface area contributed by atoms with Gasteiger partial charge in [-0.1, -0.05) is 34.1 Å². The van der Waals surface area contributed by atoms with Crippen LogP contribution in [0.25, 0.3) is 0 Å². The van der Waals surface area contributed by atoms with Crippen LogP contribution in [0.4, 0.5) is 0 Å². The molecule has 1 saturated carbocycles. The quantitative estimate of drug-likeness (QED) is 0.834. The van der Waals surface area contributed by atoms with Crippen molar-refractivity contribution in [2.75, 3.05) is 0 Å². The molecule has 0 radical (unpaired) electrons. The Morgan fingerprint density at radius 2 is 2.11 bits per heavy atom. The number of nitrogens with zero attached hydrogens (tertiary/aromatic N) is 1. The van der Waals surface area contributed by atoms with E-state index in [2.05, 4.69) is 37.9 Å². The highest BCUT2D eigenvalue weighted by atomic mass is 16.2. The van der Waals surface area contributed by atoms with E-state index >= 15 is 0 Å². The molecule has 4 unspecified atom stereocenters. The normalized spacial score (nSPS) is 36.9. The molecule has 0 bridgehead atoms. The van der Waals surface area contributed by atoms with Gasteiger partial charge in [0, 0.05) is 6.04 Å². The lowest BCUT2D eigenvalue weighted by Crippen LogP contribution is -2.46. The van der Waals surface area contributed by atoms with E-state index in [0.29, 0.717) is 23.8 Å². The van der Waals surface area contributed by atoms with Crippen LogP contribution in [0.3, 0.4) is 0 Å². The molecule has 1 N–H and O–H groups in total.